The number of ketones is 1. The number of hydrogen-bond acceptors (Lipinski definition) is 4. The molecule has 0 aromatic heterocycles. The van der Waals surface area contributed by atoms with Crippen LogP contribution < -0.4 is 0 Å². The molecule has 0 heterocycles. The minimum atomic E-state index is -3.39. The van der Waals surface area contributed by atoms with Crippen molar-refractivity contribution in [2.45, 2.75) is 18.2 Å². The maximum atomic E-state index is 13.7. The first-order valence-electron chi connectivity index (χ1n) is 8.53. The summed E-state index contributed by atoms with van der Waals surface area (Å²) in [7, 11) is -3.39. The normalized spacial score (nSPS) is 11.5. The predicted octanol–water partition coefficient (Wildman–Crippen LogP) is 3.63. The van der Waals surface area contributed by atoms with Crippen molar-refractivity contribution in [3.8, 4) is 0 Å². The van der Waals surface area contributed by atoms with E-state index in [0.717, 1.165) is 0 Å². The van der Waals surface area contributed by atoms with Crippen LogP contribution in [0.4, 0.5) is 4.39 Å². The van der Waals surface area contributed by atoms with E-state index in [0.29, 0.717) is 16.3 Å². The largest absolute Gasteiger partial charge is 0.481 e. The predicted molar refractivity (Wildman–Crippen MR) is 103 cm³/mol. The molecular weight excluding hydrogens is 383 g/mol. The molecular formula is C21H17FO5S. The van der Waals surface area contributed by atoms with Crippen LogP contribution in [0.3, 0.4) is 0 Å². The summed E-state index contributed by atoms with van der Waals surface area (Å²) in [6.07, 6.45) is -0.277. The summed E-state index contributed by atoms with van der Waals surface area (Å²) in [5, 5.41) is 9.97. The second-order valence-corrected chi connectivity index (χ2v) is 8.61. The Balaban J connectivity index is 2.12. The van der Waals surface area contributed by atoms with Crippen LogP contribution in [0.1, 0.15) is 28.4 Å². The van der Waals surface area contributed by atoms with E-state index in [2.05, 4.69) is 0 Å². The van der Waals surface area contributed by atoms with Crippen molar-refractivity contribution in [1.29, 1.82) is 0 Å². The molecule has 5 nitrogen and oxygen atoms in total. The molecule has 0 fully saturated rings. The van der Waals surface area contributed by atoms with Gasteiger partial charge in [-0.1, -0.05) is 19.1 Å². The second-order valence-electron chi connectivity index (χ2n) is 6.34. The van der Waals surface area contributed by atoms with E-state index in [-0.39, 0.29) is 28.2 Å². The molecule has 3 aromatic rings. The van der Waals surface area contributed by atoms with Gasteiger partial charge in [0.2, 0.25) is 0 Å². The molecule has 0 atom stereocenters. The number of carbonyl (C=O) groups excluding carboxylic acids is 1. The lowest BCUT2D eigenvalue weighted by atomic mass is 9.94. The number of benzene rings is 3. The maximum Gasteiger partial charge on any atom is 0.307 e. The average molecular weight is 400 g/mol. The Bertz CT molecular complexity index is 1180. The molecule has 0 radical (unpaired) electrons. The fourth-order valence-corrected chi connectivity index (χ4v) is 3.88. The first-order chi connectivity index (χ1) is 13.2. The third kappa shape index (κ3) is 3.94. The molecule has 0 saturated heterocycles. The van der Waals surface area contributed by atoms with Gasteiger partial charge < -0.3 is 5.11 Å². The van der Waals surface area contributed by atoms with E-state index >= 15 is 0 Å². The molecule has 0 aliphatic heterocycles. The van der Waals surface area contributed by atoms with Gasteiger partial charge in [0.15, 0.2) is 15.6 Å². The van der Waals surface area contributed by atoms with Gasteiger partial charge in [0, 0.05) is 11.1 Å². The summed E-state index contributed by atoms with van der Waals surface area (Å²) >= 11 is 0. The van der Waals surface area contributed by atoms with Crippen LogP contribution in [0.25, 0.3) is 10.8 Å². The van der Waals surface area contributed by atoms with Crippen molar-refractivity contribution in [2.24, 2.45) is 0 Å². The van der Waals surface area contributed by atoms with Crippen LogP contribution in [0, 0.1) is 5.82 Å². The minimum absolute atomic E-state index is 0.0541. The summed E-state index contributed by atoms with van der Waals surface area (Å²) in [5.74, 6) is -2.06. The van der Waals surface area contributed by atoms with E-state index in [1.807, 2.05) is 0 Å². The fraction of sp³-hybridized carbons (Fsp3) is 0.143. The number of fused-ring (bicyclic) bond motifs is 1. The quantitative estimate of drug-likeness (QED) is 0.639. The third-order valence-electron chi connectivity index (χ3n) is 4.43. The van der Waals surface area contributed by atoms with E-state index in [4.69, 9.17) is 5.11 Å². The molecule has 3 rings (SSSR count). The van der Waals surface area contributed by atoms with E-state index in [1.165, 1.54) is 55.5 Å². The SMILES string of the molecule is CCS(=O)(=O)c1ccc(C(=O)c2cc(CC(=O)O)cc3ccc(F)cc23)cc1. The molecule has 28 heavy (non-hydrogen) atoms. The van der Waals surface area contributed by atoms with Gasteiger partial charge >= 0.3 is 5.97 Å². The summed E-state index contributed by atoms with van der Waals surface area (Å²) in [6.45, 7) is 1.53. The number of hydrogen-bond donors (Lipinski definition) is 1. The van der Waals surface area contributed by atoms with E-state index < -0.39 is 27.4 Å². The Morgan fingerprint density at radius 3 is 2.29 bits per heavy atom. The zero-order chi connectivity index (χ0) is 20.5. The van der Waals surface area contributed by atoms with Gasteiger partial charge in [0.25, 0.3) is 0 Å². The molecule has 0 aliphatic rings. The average Bonchev–Trinajstić information content (AvgIpc) is 2.66. The molecule has 7 heteroatoms. The molecule has 0 spiro atoms. The lowest BCUT2D eigenvalue weighted by molar-refractivity contribution is -0.136. The number of carboxylic acids is 1. The van der Waals surface area contributed by atoms with Crippen molar-refractivity contribution in [2.75, 3.05) is 5.75 Å². The zero-order valence-corrected chi connectivity index (χ0v) is 15.8. The number of sulfone groups is 1. The van der Waals surface area contributed by atoms with Crippen LogP contribution in [0.5, 0.6) is 0 Å². The van der Waals surface area contributed by atoms with Gasteiger partial charge in [-0.3, -0.25) is 9.59 Å². The fourth-order valence-electron chi connectivity index (χ4n) is 2.99. The molecule has 0 saturated carbocycles. The molecule has 0 aliphatic carbocycles. The van der Waals surface area contributed by atoms with Crippen LogP contribution >= 0.6 is 0 Å². The van der Waals surface area contributed by atoms with Gasteiger partial charge in [-0.05, 0) is 58.8 Å². The van der Waals surface area contributed by atoms with E-state index in [9.17, 15) is 22.4 Å². The zero-order valence-electron chi connectivity index (χ0n) is 15.0. The van der Waals surface area contributed by atoms with Crippen molar-refractivity contribution < 1.29 is 27.5 Å². The lowest BCUT2D eigenvalue weighted by Gasteiger charge is -2.10. The van der Waals surface area contributed by atoms with Crippen molar-refractivity contribution in [3.05, 3.63) is 77.1 Å². The first kappa shape index (κ1) is 19.7. The van der Waals surface area contributed by atoms with Crippen LogP contribution in [-0.4, -0.2) is 31.0 Å². The highest BCUT2D eigenvalue weighted by molar-refractivity contribution is 7.91. The molecule has 144 valence electrons. The minimum Gasteiger partial charge on any atom is -0.481 e. The van der Waals surface area contributed by atoms with Crippen LogP contribution in [-0.2, 0) is 21.1 Å². The van der Waals surface area contributed by atoms with Gasteiger partial charge in [0.05, 0.1) is 17.1 Å². The topological polar surface area (TPSA) is 88.5 Å². The maximum absolute atomic E-state index is 13.7. The van der Waals surface area contributed by atoms with Crippen molar-refractivity contribution >= 4 is 32.4 Å². The van der Waals surface area contributed by atoms with Crippen LogP contribution in [0.2, 0.25) is 0 Å². The Hall–Kier alpha value is -3.06. The molecule has 0 amide bonds. The third-order valence-corrected chi connectivity index (χ3v) is 6.18. The summed E-state index contributed by atoms with van der Waals surface area (Å²) in [6, 6.07) is 12.5. The highest BCUT2D eigenvalue weighted by atomic mass is 32.2. The molecule has 1 N–H and O–H groups in total. The standard InChI is InChI=1S/C21H17FO5S/c1-2-28(26,27)17-7-4-14(5-8-17)21(25)19-10-13(11-20(23)24)9-15-3-6-16(22)12-18(15)19/h3-10,12H,2,11H2,1H3,(H,23,24). The van der Waals surface area contributed by atoms with E-state index in [1.54, 1.807) is 6.07 Å². The molecule has 0 unspecified atom stereocenters. The Morgan fingerprint density at radius 2 is 1.68 bits per heavy atom. The smallest absolute Gasteiger partial charge is 0.307 e. The number of carboxylic acid groups (broad SMARTS) is 1. The highest BCUT2D eigenvalue weighted by Gasteiger charge is 2.17. The Morgan fingerprint density at radius 1 is 1.00 bits per heavy atom. The Kier molecular flexibility index (Phi) is 5.29. The number of aliphatic carboxylic acids is 1. The second kappa shape index (κ2) is 7.52. The van der Waals surface area contributed by atoms with Gasteiger partial charge in [-0.2, -0.15) is 0 Å². The number of halogens is 1. The van der Waals surface area contributed by atoms with Gasteiger partial charge in [-0.15, -0.1) is 0 Å². The monoisotopic (exact) mass is 400 g/mol. The lowest BCUT2D eigenvalue weighted by Crippen LogP contribution is -2.07. The summed E-state index contributed by atoms with van der Waals surface area (Å²) in [4.78, 5) is 24.2. The van der Waals surface area contributed by atoms with Crippen molar-refractivity contribution in [1.82, 2.24) is 0 Å². The molecule has 0 bridgehead atoms. The number of rotatable bonds is 6. The number of carbonyl (C=O) groups is 2. The Labute approximate surface area is 161 Å². The van der Waals surface area contributed by atoms with Crippen LogP contribution in [0.15, 0.2) is 59.5 Å². The summed E-state index contributed by atoms with van der Waals surface area (Å²) < 4.78 is 37.6. The van der Waals surface area contributed by atoms with Gasteiger partial charge in [-0.25, -0.2) is 12.8 Å². The first-order valence-corrected chi connectivity index (χ1v) is 10.2. The van der Waals surface area contributed by atoms with Crippen molar-refractivity contribution in [3.63, 3.8) is 0 Å². The molecule has 3 aromatic carbocycles. The summed E-state index contributed by atoms with van der Waals surface area (Å²) in [5.41, 5.74) is 0.813. The van der Waals surface area contributed by atoms with Gasteiger partial charge in [0.1, 0.15) is 5.82 Å². The highest BCUT2D eigenvalue weighted by Crippen LogP contribution is 2.26.